The van der Waals surface area contributed by atoms with E-state index in [1.54, 1.807) is 31.4 Å². The van der Waals surface area contributed by atoms with Crippen LogP contribution in [0.2, 0.25) is 0 Å². The Bertz CT molecular complexity index is 1440. The largest absolute Gasteiger partial charge is 0.496 e. The Hall–Kier alpha value is -4.43. The number of ketones is 2. The second-order valence-electron chi connectivity index (χ2n) is 9.41. The fourth-order valence-electron chi connectivity index (χ4n) is 4.54. The summed E-state index contributed by atoms with van der Waals surface area (Å²) >= 11 is 0. The SMILES string of the molecule is COc1ccccc1CCC(=O)N[C@@H](N)C(Cc1c[nH]c2ccccc12)C(=O)COc1ccc(C(C)=O)cc1. The first-order valence-corrected chi connectivity index (χ1v) is 12.8. The van der Waals surface area contributed by atoms with Crippen LogP contribution in [0.4, 0.5) is 0 Å². The summed E-state index contributed by atoms with van der Waals surface area (Å²) in [5, 5.41) is 3.81. The molecule has 0 aliphatic carbocycles. The first-order chi connectivity index (χ1) is 18.9. The minimum absolute atomic E-state index is 0.0520. The summed E-state index contributed by atoms with van der Waals surface area (Å²) in [6.45, 7) is 1.26. The van der Waals surface area contributed by atoms with Gasteiger partial charge >= 0.3 is 0 Å². The zero-order valence-corrected chi connectivity index (χ0v) is 22.1. The molecule has 4 aromatic rings. The zero-order valence-electron chi connectivity index (χ0n) is 22.1. The summed E-state index contributed by atoms with van der Waals surface area (Å²) in [6, 6.07) is 21.9. The van der Waals surface area contributed by atoms with E-state index in [0.29, 0.717) is 24.2 Å². The molecular formula is C31H33N3O5. The zero-order chi connectivity index (χ0) is 27.8. The summed E-state index contributed by atoms with van der Waals surface area (Å²) in [4.78, 5) is 41.0. The van der Waals surface area contributed by atoms with Crippen LogP contribution in [-0.4, -0.2) is 42.3 Å². The summed E-state index contributed by atoms with van der Waals surface area (Å²) < 4.78 is 11.1. The predicted octanol–water partition coefficient (Wildman–Crippen LogP) is 4.22. The maximum absolute atomic E-state index is 13.4. The van der Waals surface area contributed by atoms with Gasteiger partial charge in [0.15, 0.2) is 11.6 Å². The van der Waals surface area contributed by atoms with Gasteiger partial charge in [0.1, 0.15) is 18.1 Å². The molecule has 0 spiro atoms. The molecule has 4 rings (SSSR count). The van der Waals surface area contributed by atoms with Crippen molar-refractivity contribution in [2.24, 2.45) is 11.7 Å². The predicted molar refractivity (Wildman–Crippen MR) is 150 cm³/mol. The van der Waals surface area contributed by atoms with Gasteiger partial charge in [0.2, 0.25) is 5.91 Å². The van der Waals surface area contributed by atoms with Gasteiger partial charge in [-0.05, 0) is 67.3 Å². The quantitative estimate of drug-likeness (QED) is 0.177. The molecule has 3 aromatic carbocycles. The van der Waals surface area contributed by atoms with E-state index in [4.69, 9.17) is 15.2 Å². The number of nitrogens with two attached hydrogens (primary N) is 1. The van der Waals surface area contributed by atoms with Crippen LogP contribution in [0.25, 0.3) is 10.9 Å². The highest BCUT2D eigenvalue weighted by Crippen LogP contribution is 2.23. The maximum atomic E-state index is 13.4. The van der Waals surface area contributed by atoms with Gasteiger partial charge in [0.25, 0.3) is 0 Å². The van der Waals surface area contributed by atoms with Crippen molar-refractivity contribution < 1.29 is 23.9 Å². The van der Waals surface area contributed by atoms with Gasteiger partial charge in [-0.1, -0.05) is 36.4 Å². The second kappa shape index (κ2) is 12.9. The van der Waals surface area contributed by atoms with Crippen LogP contribution in [0, 0.1) is 5.92 Å². The molecule has 4 N–H and O–H groups in total. The van der Waals surface area contributed by atoms with Crippen LogP contribution in [0.3, 0.4) is 0 Å². The Labute approximate surface area is 227 Å². The molecule has 0 radical (unpaired) electrons. The Morgan fingerprint density at radius 2 is 1.67 bits per heavy atom. The number of carbonyl (C=O) groups excluding carboxylic acids is 3. The van der Waals surface area contributed by atoms with Crippen molar-refractivity contribution in [3.8, 4) is 11.5 Å². The second-order valence-corrected chi connectivity index (χ2v) is 9.41. The van der Waals surface area contributed by atoms with Gasteiger partial charge in [-0.25, -0.2) is 0 Å². The molecule has 1 heterocycles. The number of methoxy groups -OCH3 is 1. The summed E-state index contributed by atoms with van der Waals surface area (Å²) in [6.07, 6.45) is 1.94. The standard InChI is InChI=1S/C31H33N3O5/c1-20(35)21-11-14-24(15-12-21)39-19-28(36)26(17-23-18-33-27-9-5-4-8-25(23)27)31(32)34-30(37)16-13-22-7-3-6-10-29(22)38-2/h3-12,14-15,18,26,31,33H,13,16-17,19,32H2,1-2H3,(H,34,37)/t26?,31-/m1/s1. The van der Waals surface area contributed by atoms with E-state index in [1.165, 1.54) is 6.92 Å². The number of Topliss-reactive ketones (excluding diaryl/α,β-unsaturated/α-hetero) is 2. The number of para-hydroxylation sites is 2. The third-order valence-corrected chi connectivity index (χ3v) is 6.75. The molecule has 8 nitrogen and oxygen atoms in total. The Kier molecular flexibility index (Phi) is 9.12. The number of aromatic nitrogens is 1. The lowest BCUT2D eigenvalue weighted by Gasteiger charge is -2.24. The average Bonchev–Trinajstić information content (AvgIpc) is 3.36. The van der Waals surface area contributed by atoms with Crippen LogP contribution in [0.5, 0.6) is 11.5 Å². The van der Waals surface area contributed by atoms with E-state index in [2.05, 4.69) is 10.3 Å². The van der Waals surface area contributed by atoms with Gasteiger partial charge < -0.3 is 25.5 Å². The highest BCUT2D eigenvalue weighted by molar-refractivity contribution is 5.94. The first-order valence-electron chi connectivity index (χ1n) is 12.8. The van der Waals surface area contributed by atoms with Crippen molar-refractivity contribution >= 4 is 28.4 Å². The van der Waals surface area contributed by atoms with Gasteiger partial charge in [-0.15, -0.1) is 0 Å². The maximum Gasteiger partial charge on any atom is 0.221 e. The smallest absolute Gasteiger partial charge is 0.221 e. The van der Waals surface area contributed by atoms with Crippen LogP contribution in [0.1, 0.15) is 34.8 Å². The lowest BCUT2D eigenvalue weighted by atomic mass is 9.92. The van der Waals surface area contributed by atoms with Crippen LogP contribution >= 0.6 is 0 Å². The van der Waals surface area contributed by atoms with Crippen molar-refractivity contribution in [2.45, 2.75) is 32.4 Å². The van der Waals surface area contributed by atoms with Crippen LogP contribution in [0.15, 0.2) is 79.0 Å². The molecule has 1 amide bonds. The van der Waals surface area contributed by atoms with E-state index in [1.807, 2.05) is 54.7 Å². The third-order valence-electron chi connectivity index (χ3n) is 6.75. The number of rotatable bonds is 13. The van der Waals surface area contributed by atoms with Crippen molar-refractivity contribution in [3.05, 3.63) is 95.7 Å². The fraction of sp³-hybridized carbons (Fsp3) is 0.258. The Balaban J connectivity index is 1.45. The molecule has 0 saturated heterocycles. The molecule has 1 aromatic heterocycles. The van der Waals surface area contributed by atoms with Crippen molar-refractivity contribution in [1.29, 1.82) is 0 Å². The van der Waals surface area contributed by atoms with Crippen molar-refractivity contribution in [2.75, 3.05) is 13.7 Å². The topological polar surface area (TPSA) is 124 Å². The number of aryl methyl sites for hydroxylation is 1. The third kappa shape index (κ3) is 7.12. The van der Waals surface area contributed by atoms with Gasteiger partial charge in [0.05, 0.1) is 19.2 Å². The highest BCUT2D eigenvalue weighted by Gasteiger charge is 2.28. The Morgan fingerprint density at radius 3 is 2.41 bits per heavy atom. The summed E-state index contributed by atoms with van der Waals surface area (Å²) in [7, 11) is 1.59. The van der Waals surface area contributed by atoms with Gasteiger partial charge in [0, 0.05) is 29.1 Å². The molecule has 0 bridgehead atoms. The normalized spacial score (nSPS) is 12.5. The number of nitrogens with one attached hydrogen (secondary N) is 2. The molecule has 0 aliphatic heterocycles. The van der Waals surface area contributed by atoms with E-state index in [9.17, 15) is 14.4 Å². The first kappa shape index (κ1) is 27.6. The summed E-state index contributed by atoms with van der Waals surface area (Å²) in [5.74, 6) is -0.0943. The number of hydrogen-bond donors (Lipinski definition) is 3. The molecule has 39 heavy (non-hydrogen) atoms. The summed E-state index contributed by atoms with van der Waals surface area (Å²) in [5.41, 5.74) is 9.80. The number of H-pyrrole nitrogens is 1. The van der Waals surface area contributed by atoms with Crippen LogP contribution in [-0.2, 0) is 22.4 Å². The number of amides is 1. The number of benzene rings is 3. The van der Waals surface area contributed by atoms with Crippen molar-refractivity contribution in [1.82, 2.24) is 10.3 Å². The molecule has 2 atom stereocenters. The molecule has 0 saturated carbocycles. The number of carbonyl (C=O) groups is 3. The van der Waals surface area contributed by atoms with E-state index < -0.39 is 12.1 Å². The number of aromatic amines is 1. The van der Waals surface area contributed by atoms with Gasteiger partial charge in [-0.3, -0.25) is 14.4 Å². The molecular weight excluding hydrogens is 494 g/mol. The number of hydrogen-bond acceptors (Lipinski definition) is 6. The van der Waals surface area contributed by atoms with E-state index >= 15 is 0 Å². The lowest BCUT2D eigenvalue weighted by Crippen LogP contribution is -2.51. The average molecular weight is 528 g/mol. The number of fused-ring (bicyclic) bond motifs is 1. The van der Waals surface area contributed by atoms with Crippen molar-refractivity contribution in [3.63, 3.8) is 0 Å². The van der Waals surface area contributed by atoms with E-state index in [-0.39, 0.29) is 30.5 Å². The minimum atomic E-state index is -0.917. The number of ether oxygens (including phenoxy) is 2. The van der Waals surface area contributed by atoms with Gasteiger partial charge in [-0.2, -0.15) is 0 Å². The lowest BCUT2D eigenvalue weighted by molar-refractivity contribution is -0.127. The molecule has 0 fully saturated rings. The monoisotopic (exact) mass is 527 g/mol. The highest BCUT2D eigenvalue weighted by atomic mass is 16.5. The molecule has 0 aliphatic rings. The molecule has 8 heteroatoms. The van der Waals surface area contributed by atoms with E-state index in [0.717, 1.165) is 27.8 Å². The van der Waals surface area contributed by atoms with Crippen LogP contribution < -0.4 is 20.5 Å². The Morgan fingerprint density at radius 1 is 0.949 bits per heavy atom. The fourth-order valence-corrected chi connectivity index (χ4v) is 4.54. The molecule has 1 unspecified atom stereocenters. The minimum Gasteiger partial charge on any atom is -0.496 e. The molecule has 202 valence electrons.